The lowest BCUT2D eigenvalue weighted by molar-refractivity contribution is -0.270. The van der Waals surface area contributed by atoms with E-state index >= 15 is 0 Å². The normalized spacial score (nSPS) is 39.0. The number of carbonyl (C=O) groups is 1. The lowest BCUT2D eigenvalue weighted by atomic mass is 9.89. The number of ether oxygens (including phenoxy) is 2. The van der Waals surface area contributed by atoms with Gasteiger partial charge in [-0.15, -0.1) is 0 Å². The third-order valence-electron chi connectivity index (χ3n) is 5.84. The highest BCUT2D eigenvalue weighted by molar-refractivity contribution is 5.92. The van der Waals surface area contributed by atoms with E-state index in [0.29, 0.717) is 6.42 Å². The second-order valence-electron chi connectivity index (χ2n) is 7.74. The summed E-state index contributed by atoms with van der Waals surface area (Å²) in [5, 5.41) is 9.21. The standard InChI is InChI=1S/C20H28O5/c1-12-5-7-16(25-22)13(2)6-8-18-20(4,24-18)10-9-15-14(3)19(21)23-17(15)11-12/h11,16-18,22H,2,5-10H2,1,3-4H3/b12-11+/t16-,17+,18-,20-/m1/s1. The Kier molecular flexibility index (Phi) is 5.19. The molecule has 4 atom stereocenters. The van der Waals surface area contributed by atoms with Gasteiger partial charge in [0.2, 0.25) is 0 Å². The highest BCUT2D eigenvalue weighted by Crippen LogP contribution is 2.45. The van der Waals surface area contributed by atoms with Gasteiger partial charge in [-0.3, -0.25) is 5.26 Å². The molecule has 1 N–H and O–H groups in total. The Balaban J connectivity index is 1.83. The molecule has 0 radical (unpaired) electrons. The Hall–Kier alpha value is -1.43. The zero-order chi connectivity index (χ0) is 18.2. The van der Waals surface area contributed by atoms with E-state index in [1.54, 1.807) is 0 Å². The van der Waals surface area contributed by atoms with Crippen molar-refractivity contribution in [1.82, 2.24) is 0 Å². The van der Waals surface area contributed by atoms with Crippen LogP contribution in [0.3, 0.4) is 0 Å². The molecule has 0 aromatic rings. The maximum absolute atomic E-state index is 12.0. The van der Waals surface area contributed by atoms with Gasteiger partial charge in [0.15, 0.2) is 0 Å². The molecule has 0 bridgehead atoms. The van der Waals surface area contributed by atoms with Crippen LogP contribution in [0.25, 0.3) is 0 Å². The number of fused-ring (bicyclic) bond motifs is 2. The molecule has 0 spiro atoms. The van der Waals surface area contributed by atoms with E-state index < -0.39 is 0 Å². The zero-order valence-corrected chi connectivity index (χ0v) is 15.3. The van der Waals surface area contributed by atoms with Crippen molar-refractivity contribution in [3.8, 4) is 0 Å². The predicted molar refractivity (Wildman–Crippen MR) is 94.0 cm³/mol. The molecule has 1 fully saturated rings. The molecule has 138 valence electrons. The van der Waals surface area contributed by atoms with Crippen molar-refractivity contribution >= 4 is 5.97 Å². The summed E-state index contributed by atoms with van der Waals surface area (Å²) in [5.41, 5.74) is 3.66. The van der Waals surface area contributed by atoms with E-state index in [2.05, 4.69) is 18.4 Å². The van der Waals surface area contributed by atoms with Crippen LogP contribution in [0.1, 0.15) is 59.3 Å². The lowest BCUT2D eigenvalue weighted by Crippen LogP contribution is -2.17. The highest BCUT2D eigenvalue weighted by atomic mass is 17.1. The van der Waals surface area contributed by atoms with Crippen LogP contribution < -0.4 is 0 Å². The molecule has 2 heterocycles. The topological polar surface area (TPSA) is 68.3 Å². The van der Waals surface area contributed by atoms with Crippen LogP contribution in [0.4, 0.5) is 0 Å². The van der Waals surface area contributed by atoms with Crippen LogP contribution in [0.15, 0.2) is 34.9 Å². The third kappa shape index (κ3) is 3.89. The van der Waals surface area contributed by atoms with E-state index in [0.717, 1.165) is 54.4 Å². The fraction of sp³-hybridized carbons (Fsp3) is 0.650. The Bertz CT molecular complexity index is 632. The van der Waals surface area contributed by atoms with Gasteiger partial charge in [0.25, 0.3) is 0 Å². The van der Waals surface area contributed by atoms with Crippen LogP contribution in [0.5, 0.6) is 0 Å². The minimum absolute atomic E-state index is 0.151. The van der Waals surface area contributed by atoms with Gasteiger partial charge in [-0.2, -0.15) is 0 Å². The van der Waals surface area contributed by atoms with Crippen molar-refractivity contribution in [3.63, 3.8) is 0 Å². The molecule has 0 aromatic carbocycles. The average molecular weight is 348 g/mol. The molecular formula is C20H28O5. The Morgan fingerprint density at radius 1 is 1.28 bits per heavy atom. The van der Waals surface area contributed by atoms with Gasteiger partial charge in [0, 0.05) is 5.57 Å². The van der Waals surface area contributed by atoms with Crippen molar-refractivity contribution in [3.05, 3.63) is 34.9 Å². The Labute approximate surface area is 149 Å². The summed E-state index contributed by atoms with van der Waals surface area (Å²) in [7, 11) is 0. The van der Waals surface area contributed by atoms with Gasteiger partial charge in [-0.25, -0.2) is 9.68 Å². The third-order valence-corrected chi connectivity index (χ3v) is 5.84. The molecule has 0 amide bonds. The van der Waals surface area contributed by atoms with Crippen molar-refractivity contribution in [2.24, 2.45) is 0 Å². The predicted octanol–water partition coefficient (Wildman–Crippen LogP) is 4.10. The van der Waals surface area contributed by atoms with Gasteiger partial charge in [0.05, 0.1) is 11.7 Å². The van der Waals surface area contributed by atoms with E-state index in [-0.39, 0.29) is 29.9 Å². The molecule has 3 aliphatic rings. The Morgan fingerprint density at radius 3 is 2.76 bits per heavy atom. The van der Waals surface area contributed by atoms with Crippen molar-refractivity contribution in [2.45, 2.75) is 83.2 Å². The maximum Gasteiger partial charge on any atom is 0.334 e. The lowest BCUT2D eigenvalue weighted by Gasteiger charge is -2.18. The zero-order valence-electron chi connectivity index (χ0n) is 15.3. The molecule has 0 saturated carbocycles. The fourth-order valence-electron chi connectivity index (χ4n) is 3.85. The summed E-state index contributed by atoms with van der Waals surface area (Å²) in [5.74, 6) is -0.225. The molecule has 5 heteroatoms. The van der Waals surface area contributed by atoms with Crippen LogP contribution in [-0.2, 0) is 19.2 Å². The van der Waals surface area contributed by atoms with E-state index in [4.69, 9.17) is 9.47 Å². The molecule has 3 rings (SSSR count). The van der Waals surface area contributed by atoms with Gasteiger partial charge in [-0.05, 0) is 76.5 Å². The van der Waals surface area contributed by atoms with Crippen molar-refractivity contribution in [2.75, 3.05) is 0 Å². The van der Waals surface area contributed by atoms with Gasteiger partial charge >= 0.3 is 5.97 Å². The smallest absolute Gasteiger partial charge is 0.334 e. The Morgan fingerprint density at radius 2 is 2.04 bits per heavy atom. The monoisotopic (exact) mass is 348 g/mol. The van der Waals surface area contributed by atoms with Crippen LogP contribution in [0.2, 0.25) is 0 Å². The first-order valence-electron chi connectivity index (χ1n) is 9.07. The van der Waals surface area contributed by atoms with Crippen LogP contribution in [0, 0.1) is 0 Å². The minimum atomic E-state index is -0.376. The average Bonchev–Trinajstić information content (AvgIpc) is 3.14. The van der Waals surface area contributed by atoms with Crippen molar-refractivity contribution < 1.29 is 24.4 Å². The van der Waals surface area contributed by atoms with Crippen LogP contribution in [-0.4, -0.2) is 35.1 Å². The van der Waals surface area contributed by atoms with E-state index in [9.17, 15) is 10.1 Å². The van der Waals surface area contributed by atoms with Crippen LogP contribution >= 0.6 is 0 Å². The number of epoxide rings is 1. The number of hydrogen-bond donors (Lipinski definition) is 1. The second kappa shape index (κ2) is 7.06. The summed E-state index contributed by atoms with van der Waals surface area (Å²) >= 11 is 0. The SMILES string of the molecule is C=C1CC[C@H]2O[C@]2(C)CCC2=C(C)C(=O)O[C@H]2/C=C(\C)CC[C@H]1OO. The van der Waals surface area contributed by atoms with E-state index in [1.165, 1.54) is 0 Å². The fourth-order valence-corrected chi connectivity index (χ4v) is 3.85. The molecule has 25 heavy (non-hydrogen) atoms. The molecule has 1 saturated heterocycles. The quantitative estimate of drug-likeness (QED) is 0.254. The summed E-state index contributed by atoms with van der Waals surface area (Å²) in [6, 6.07) is 0. The molecule has 0 aromatic heterocycles. The summed E-state index contributed by atoms with van der Waals surface area (Å²) in [6.45, 7) is 10.1. The molecular weight excluding hydrogens is 320 g/mol. The molecule has 0 unspecified atom stereocenters. The number of esters is 1. The minimum Gasteiger partial charge on any atom is -0.450 e. The maximum atomic E-state index is 12.0. The van der Waals surface area contributed by atoms with Gasteiger partial charge < -0.3 is 9.47 Å². The molecule has 1 aliphatic carbocycles. The number of allylic oxidation sites excluding steroid dienone is 1. The summed E-state index contributed by atoms with van der Waals surface area (Å²) in [6.07, 6.45) is 6.29. The first-order chi connectivity index (χ1) is 11.8. The number of carbonyl (C=O) groups excluding carboxylic acids is 1. The largest absolute Gasteiger partial charge is 0.450 e. The van der Waals surface area contributed by atoms with Gasteiger partial charge in [0.1, 0.15) is 12.2 Å². The molecule has 5 nitrogen and oxygen atoms in total. The highest BCUT2D eigenvalue weighted by Gasteiger charge is 2.51. The number of hydrogen-bond acceptors (Lipinski definition) is 5. The summed E-state index contributed by atoms with van der Waals surface area (Å²) < 4.78 is 11.5. The number of rotatable bonds is 1. The first kappa shape index (κ1) is 18.4. The second-order valence-corrected chi connectivity index (χ2v) is 7.74. The summed E-state index contributed by atoms with van der Waals surface area (Å²) in [4.78, 5) is 16.6. The first-order valence-corrected chi connectivity index (χ1v) is 9.07. The van der Waals surface area contributed by atoms with E-state index in [1.807, 2.05) is 19.9 Å². The van der Waals surface area contributed by atoms with Gasteiger partial charge in [-0.1, -0.05) is 12.2 Å². The van der Waals surface area contributed by atoms with Crippen molar-refractivity contribution in [1.29, 1.82) is 0 Å². The molecule has 2 aliphatic heterocycles.